The number of carbonyl (C=O) groups excluding carboxylic acids is 1. The number of nitrogens with one attached hydrogen (secondary N) is 2. The summed E-state index contributed by atoms with van der Waals surface area (Å²) in [5.41, 5.74) is 1.48. The topological polar surface area (TPSA) is 50.4 Å². The molecule has 0 unspecified atom stereocenters. The van der Waals surface area contributed by atoms with Gasteiger partial charge in [-0.25, -0.2) is 4.39 Å². The molecular formula is C18H19FN2O2. The Morgan fingerprint density at radius 2 is 1.96 bits per heavy atom. The van der Waals surface area contributed by atoms with Gasteiger partial charge < -0.3 is 15.4 Å². The maximum atomic E-state index is 13.2. The molecule has 1 fully saturated rings. The van der Waals surface area contributed by atoms with Crippen molar-refractivity contribution in [3.63, 3.8) is 0 Å². The Hall–Kier alpha value is -2.56. The fourth-order valence-corrected chi connectivity index (χ4v) is 2.35. The van der Waals surface area contributed by atoms with Crippen LogP contribution in [-0.4, -0.2) is 19.1 Å². The first-order chi connectivity index (χ1) is 11.2. The van der Waals surface area contributed by atoms with Crippen molar-refractivity contribution >= 4 is 11.6 Å². The number of hydrogen-bond donors (Lipinski definition) is 2. The van der Waals surface area contributed by atoms with Gasteiger partial charge in [0.25, 0.3) is 0 Å². The van der Waals surface area contributed by atoms with Crippen LogP contribution in [0.2, 0.25) is 0 Å². The Morgan fingerprint density at radius 1 is 1.22 bits per heavy atom. The predicted molar refractivity (Wildman–Crippen MR) is 86.9 cm³/mol. The van der Waals surface area contributed by atoms with Crippen molar-refractivity contribution in [3.8, 4) is 5.75 Å². The van der Waals surface area contributed by atoms with Crippen molar-refractivity contribution in [1.82, 2.24) is 5.32 Å². The van der Waals surface area contributed by atoms with Gasteiger partial charge in [0.1, 0.15) is 17.6 Å². The minimum Gasteiger partial charge on any atom is -0.497 e. The maximum absolute atomic E-state index is 13.2. The second kappa shape index (κ2) is 6.69. The lowest BCUT2D eigenvalue weighted by molar-refractivity contribution is -0.122. The van der Waals surface area contributed by atoms with Crippen LogP contribution in [0.3, 0.4) is 0 Å². The molecule has 0 bridgehead atoms. The lowest BCUT2D eigenvalue weighted by atomic mass is 10.1. The molecule has 5 heteroatoms. The zero-order valence-corrected chi connectivity index (χ0v) is 12.9. The molecule has 1 atom stereocenters. The number of anilines is 1. The number of amides is 1. The van der Waals surface area contributed by atoms with Crippen LogP contribution in [0.25, 0.3) is 0 Å². The van der Waals surface area contributed by atoms with Crippen molar-refractivity contribution in [2.45, 2.75) is 24.9 Å². The first kappa shape index (κ1) is 15.3. The highest BCUT2D eigenvalue weighted by Crippen LogP contribution is 2.25. The molecule has 0 spiro atoms. The van der Waals surface area contributed by atoms with E-state index >= 15 is 0 Å². The number of ether oxygens (including phenoxy) is 1. The predicted octanol–water partition coefficient (Wildman–Crippen LogP) is 3.27. The SMILES string of the molecule is COc1cccc(N[C@H](C(=O)NC2CC2)c2ccc(F)cc2)c1. The first-order valence-corrected chi connectivity index (χ1v) is 7.62. The summed E-state index contributed by atoms with van der Waals surface area (Å²) >= 11 is 0. The Bertz CT molecular complexity index is 684. The average molecular weight is 314 g/mol. The summed E-state index contributed by atoms with van der Waals surface area (Å²) in [4.78, 5) is 12.5. The van der Waals surface area contributed by atoms with Gasteiger partial charge in [-0.2, -0.15) is 0 Å². The van der Waals surface area contributed by atoms with Crippen LogP contribution in [0.15, 0.2) is 48.5 Å². The molecule has 1 amide bonds. The van der Waals surface area contributed by atoms with Crippen molar-refractivity contribution in [1.29, 1.82) is 0 Å². The Kier molecular flexibility index (Phi) is 4.46. The first-order valence-electron chi connectivity index (χ1n) is 7.62. The third-order valence-electron chi connectivity index (χ3n) is 3.77. The zero-order chi connectivity index (χ0) is 16.2. The summed E-state index contributed by atoms with van der Waals surface area (Å²) in [7, 11) is 1.59. The molecular weight excluding hydrogens is 295 g/mol. The quantitative estimate of drug-likeness (QED) is 0.860. The number of hydrogen-bond acceptors (Lipinski definition) is 3. The van der Waals surface area contributed by atoms with Crippen LogP contribution >= 0.6 is 0 Å². The van der Waals surface area contributed by atoms with Crippen molar-refractivity contribution in [2.75, 3.05) is 12.4 Å². The van der Waals surface area contributed by atoms with Crippen LogP contribution in [0.5, 0.6) is 5.75 Å². The van der Waals surface area contributed by atoms with Crippen molar-refractivity contribution in [2.24, 2.45) is 0 Å². The fraction of sp³-hybridized carbons (Fsp3) is 0.278. The molecule has 0 radical (unpaired) electrons. The van der Waals surface area contributed by atoms with E-state index in [0.29, 0.717) is 11.3 Å². The Morgan fingerprint density at radius 3 is 2.61 bits per heavy atom. The van der Waals surface area contributed by atoms with Gasteiger partial charge in [-0.3, -0.25) is 4.79 Å². The van der Waals surface area contributed by atoms with Crippen LogP contribution in [0.1, 0.15) is 24.4 Å². The summed E-state index contributed by atoms with van der Waals surface area (Å²) in [6, 6.07) is 13.0. The average Bonchev–Trinajstić information content (AvgIpc) is 3.37. The van der Waals surface area contributed by atoms with E-state index in [1.54, 1.807) is 19.2 Å². The van der Waals surface area contributed by atoms with Gasteiger partial charge >= 0.3 is 0 Å². The van der Waals surface area contributed by atoms with E-state index in [4.69, 9.17) is 4.74 Å². The summed E-state index contributed by atoms with van der Waals surface area (Å²) in [5, 5.41) is 6.20. The van der Waals surface area contributed by atoms with Gasteiger partial charge in [0.2, 0.25) is 5.91 Å². The van der Waals surface area contributed by atoms with Crippen LogP contribution < -0.4 is 15.4 Å². The standard InChI is InChI=1S/C18H19FN2O2/c1-23-16-4-2-3-15(11-16)20-17(18(22)21-14-9-10-14)12-5-7-13(19)8-6-12/h2-8,11,14,17,20H,9-10H2,1H3,(H,21,22)/t17-/m0/s1. The van der Waals surface area contributed by atoms with E-state index in [1.165, 1.54) is 12.1 Å². The third kappa shape index (κ3) is 4.00. The number of rotatable bonds is 6. The van der Waals surface area contributed by atoms with Crippen LogP contribution in [-0.2, 0) is 4.79 Å². The lowest BCUT2D eigenvalue weighted by Crippen LogP contribution is -2.34. The third-order valence-corrected chi connectivity index (χ3v) is 3.77. The molecule has 23 heavy (non-hydrogen) atoms. The largest absolute Gasteiger partial charge is 0.497 e. The van der Waals surface area contributed by atoms with Gasteiger partial charge in [0, 0.05) is 17.8 Å². The second-order valence-electron chi connectivity index (χ2n) is 5.64. The molecule has 2 aromatic rings. The van der Waals surface area contributed by atoms with Gasteiger partial charge in [0.05, 0.1) is 7.11 Å². The molecule has 2 aromatic carbocycles. The fourth-order valence-electron chi connectivity index (χ4n) is 2.35. The van der Waals surface area contributed by atoms with Crippen molar-refractivity contribution < 1.29 is 13.9 Å². The molecule has 1 saturated carbocycles. The van der Waals surface area contributed by atoms with E-state index in [-0.39, 0.29) is 17.8 Å². The summed E-state index contributed by atoms with van der Waals surface area (Å²) < 4.78 is 18.4. The second-order valence-corrected chi connectivity index (χ2v) is 5.64. The monoisotopic (exact) mass is 314 g/mol. The number of carbonyl (C=O) groups is 1. The van der Waals surface area contributed by atoms with Gasteiger partial charge in [-0.15, -0.1) is 0 Å². The molecule has 3 rings (SSSR count). The Balaban J connectivity index is 1.83. The van der Waals surface area contributed by atoms with Crippen LogP contribution in [0.4, 0.5) is 10.1 Å². The molecule has 1 aliphatic carbocycles. The molecule has 0 saturated heterocycles. The highest BCUT2D eigenvalue weighted by Gasteiger charge is 2.28. The van der Waals surface area contributed by atoms with E-state index in [1.807, 2.05) is 24.3 Å². The molecule has 1 aliphatic rings. The molecule has 0 heterocycles. The van der Waals surface area contributed by atoms with Gasteiger partial charge in [-0.1, -0.05) is 18.2 Å². The molecule has 4 nitrogen and oxygen atoms in total. The van der Waals surface area contributed by atoms with E-state index in [2.05, 4.69) is 10.6 Å². The summed E-state index contributed by atoms with van der Waals surface area (Å²) in [6.45, 7) is 0. The van der Waals surface area contributed by atoms with Gasteiger partial charge in [-0.05, 0) is 42.7 Å². The van der Waals surface area contributed by atoms with E-state index in [0.717, 1.165) is 18.5 Å². The highest BCUT2D eigenvalue weighted by molar-refractivity contribution is 5.86. The number of methoxy groups -OCH3 is 1. The number of halogens is 1. The normalized spacial score (nSPS) is 14.9. The minimum atomic E-state index is -0.580. The maximum Gasteiger partial charge on any atom is 0.247 e. The number of benzene rings is 2. The van der Waals surface area contributed by atoms with Crippen LogP contribution in [0, 0.1) is 5.82 Å². The zero-order valence-electron chi connectivity index (χ0n) is 12.9. The highest BCUT2D eigenvalue weighted by atomic mass is 19.1. The van der Waals surface area contributed by atoms with Crippen molar-refractivity contribution in [3.05, 3.63) is 59.9 Å². The van der Waals surface area contributed by atoms with E-state index in [9.17, 15) is 9.18 Å². The van der Waals surface area contributed by atoms with E-state index < -0.39 is 6.04 Å². The smallest absolute Gasteiger partial charge is 0.247 e. The summed E-state index contributed by atoms with van der Waals surface area (Å²) in [6.07, 6.45) is 2.03. The molecule has 0 aromatic heterocycles. The molecule has 2 N–H and O–H groups in total. The van der Waals surface area contributed by atoms with Gasteiger partial charge in [0.15, 0.2) is 0 Å². The lowest BCUT2D eigenvalue weighted by Gasteiger charge is -2.20. The molecule has 0 aliphatic heterocycles. The minimum absolute atomic E-state index is 0.109. The Labute approximate surface area is 134 Å². The summed E-state index contributed by atoms with van der Waals surface area (Å²) in [5.74, 6) is 0.272. The molecule has 120 valence electrons.